The van der Waals surface area contributed by atoms with Crippen LogP contribution in [0.25, 0.3) is 0 Å². The van der Waals surface area contributed by atoms with Gasteiger partial charge in [-0.25, -0.2) is 18.0 Å². The summed E-state index contributed by atoms with van der Waals surface area (Å²) < 4.78 is 44.0. The molecule has 6 heteroatoms. The van der Waals surface area contributed by atoms with Crippen molar-refractivity contribution in [1.29, 1.82) is 0 Å². The molecular weight excluding hydrogens is 273 g/mol. The van der Waals surface area contributed by atoms with Gasteiger partial charge in [0, 0.05) is 23.8 Å². The maximum atomic E-state index is 13.0. The summed E-state index contributed by atoms with van der Waals surface area (Å²) in [4.78, 5) is 11.0. The number of carbonyl (C=O) groups is 1. The van der Waals surface area contributed by atoms with Crippen molar-refractivity contribution in [3.05, 3.63) is 65.0 Å². The Hall–Kier alpha value is -2.50. The molecule has 0 saturated heterocycles. The van der Waals surface area contributed by atoms with Crippen LogP contribution in [0.15, 0.2) is 36.4 Å². The molecule has 2 rings (SSSR count). The van der Waals surface area contributed by atoms with Gasteiger partial charge in [-0.1, -0.05) is 6.07 Å². The molecule has 0 radical (unpaired) electrons. The first-order valence-corrected chi connectivity index (χ1v) is 5.56. The van der Waals surface area contributed by atoms with Gasteiger partial charge in [-0.05, 0) is 12.1 Å². The summed E-state index contributed by atoms with van der Waals surface area (Å²) in [5.41, 5.74) is -0.0644. The summed E-state index contributed by atoms with van der Waals surface area (Å²) >= 11 is 0. The Kier molecular flexibility index (Phi) is 3.93. The number of hydrogen-bond donors (Lipinski definition) is 1. The molecule has 2 aromatic carbocycles. The molecule has 0 unspecified atom stereocenters. The quantitative estimate of drug-likeness (QED) is 0.935. The zero-order chi connectivity index (χ0) is 14.7. The number of halogens is 3. The van der Waals surface area contributed by atoms with Crippen molar-refractivity contribution in [2.24, 2.45) is 0 Å². The van der Waals surface area contributed by atoms with Crippen LogP contribution in [0.1, 0.15) is 15.9 Å². The lowest BCUT2D eigenvalue weighted by atomic mass is 10.1. The third-order valence-electron chi connectivity index (χ3n) is 2.53. The van der Waals surface area contributed by atoms with Gasteiger partial charge in [-0.3, -0.25) is 0 Å². The summed E-state index contributed by atoms with van der Waals surface area (Å²) in [5.74, 6) is -3.70. The number of rotatable bonds is 4. The number of carboxylic acid groups (broad SMARTS) is 1. The molecule has 0 atom stereocenters. The summed E-state index contributed by atoms with van der Waals surface area (Å²) in [6.45, 7) is -0.245. The minimum Gasteiger partial charge on any atom is -0.489 e. The average molecular weight is 282 g/mol. The molecule has 0 fully saturated rings. The Morgan fingerprint density at radius 1 is 1.00 bits per heavy atom. The van der Waals surface area contributed by atoms with Crippen LogP contribution in [0, 0.1) is 17.5 Å². The molecule has 20 heavy (non-hydrogen) atoms. The van der Waals surface area contributed by atoms with Gasteiger partial charge in [-0.2, -0.15) is 0 Å². The summed E-state index contributed by atoms with van der Waals surface area (Å²) in [5, 5.41) is 8.93. The van der Waals surface area contributed by atoms with Crippen molar-refractivity contribution in [2.75, 3.05) is 0 Å². The van der Waals surface area contributed by atoms with E-state index >= 15 is 0 Å². The van der Waals surface area contributed by atoms with Crippen LogP contribution in [0.5, 0.6) is 5.75 Å². The molecule has 104 valence electrons. The van der Waals surface area contributed by atoms with E-state index in [9.17, 15) is 18.0 Å². The monoisotopic (exact) mass is 282 g/mol. The number of ether oxygens (including phenoxy) is 1. The fraction of sp³-hybridized carbons (Fsp3) is 0.0714. The highest BCUT2D eigenvalue weighted by molar-refractivity contribution is 5.89. The zero-order valence-corrected chi connectivity index (χ0v) is 10.1. The Morgan fingerprint density at radius 3 is 2.25 bits per heavy atom. The first-order valence-electron chi connectivity index (χ1n) is 5.56. The Labute approximate surface area is 112 Å². The van der Waals surface area contributed by atoms with E-state index in [1.165, 1.54) is 6.07 Å². The smallest absolute Gasteiger partial charge is 0.336 e. The van der Waals surface area contributed by atoms with Gasteiger partial charge < -0.3 is 9.84 Å². The molecule has 0 amide bonds. The van der Waals surface area contributed by atoms with Gasteiger partial charge in [0.25, 0.3) is 0 Å². The van der Waals surface area contributed by atoms with E-state index in [1.807, 2.05) is 0 Å². The molecule has 0 aromatic heterocycles. The minimum atomic E-state index is -1.31. The number of aromatic carboxylic acids is 1. The molecule has 0 spiro atoms. The van der Waals surface area contributed by atoms with Gasteiger partial charge in [0.15, 0.2) is 0 Å². The van der Waals surface area contributed by atoms with Gasteiger partial charge in [0.05, 0.1) is 5.56 Å². The molecular formula is C14H9F3O3. The van der Waals surface area contributed by atoms with Crippen molar-refractivity contribution in [3.8, 4) is 5.75 Å². The Bertz CT molecular complexity index is 636. The lowest BCUT2D eigenvalue weighted by Gasteiger charge is -2.09. The van der Waals surface area contributed by atoms with E-state index in [4.69, 9.17) is 9.84 Å². The minimum absolute atomic E-state index is 0.0804. The normalized spacial score (nSPS) is 10.3. The van der Waals surface area contributed by atoms with Gasteiger partial charge >= 0.3 is 5.97 Å². The molecule has 3 nitrogen and oxygen atoms in total. The fourth-order valence-corrected chi connectivity index (χ4v) is 1.65. The van der Waals surface area contributed by atoms with Crippen molar-refractivity contribution >= 4 is 5.97 Å². The third kappa shape index (κ3) is 3.28. The molecule has 0 aliphatic rings. The first-order chi connectivity index (χ1) is 9.45. The van der Waals surface area contributed by atoms with Crippen LogP contribution >= 0.6 is 0 Å². The van der Waals surface area contributed by atoms with Crippen LogP contribution in [0.2, 0.25) is 0 Å². The second kappa shape index (κ2) is 5.64. The maximum absolute atomic E-state index is 13.0. The second-order valence-corrected chi connectivity index (χ2v) is 4.00. The van der Waals surface area contributed by atoms with E-state index in [2.05, 4.69) is 0 Å². The van der Waals surface area contributed by atoms with Crippen molar-refractivity contribution < 1.29 is 27.8 Å². The standard InChI is InChI=1S/C14H9F3O3/c15-9-2-1-8(13(6-9)14(18)19)7-20-12-4-10(16)3-11(17)5-12/h1-6H,7H2,(H,18,19). The van der Waals surface area contributed by atoms with Crippen LogP contribution in [-0.2, 0) is 6.61 Å². The first kappa shape index (κ1) is 13.9. The summed E-state index contributed by atoms with van der Waals surface area (Å²) in [7, 11) is 0. The highest BCUT2D eigenvalue weighted by Gasteiger charge is 2.12. The predicted molar refractivity (Wildman–Crippen MR) is 64.0 cm³/mol. The van der Waals surface area contributed by atoms with Crippen LogP contribution < -0.4 is 4.74 Å². The Balaban J connectivity index is 2.20. The molecule has 1 N–H and O–H groups in total. The largest absolute Gasteiger partial charge is 0.489 e. The highest BCUT2D eigenvalue weighted by atomic mass is 19.1. The van der Waals surface area contributed by atoms with Crippen molar-refractivity contribution in [1.82, 2.24) is 0 Å². The van der Waals surface area contributed by atoms with E-state index in [0.29, 0.717) is 6.07 Å². The van der Waals surface area contributed by atoms with Crippen molar-refractivity contribution in [2.45, 2.75) is 6.61 Å². The molecule has 0 bridgehead atoms. The maximum Gasteiger partial charge on any atom is 0.336 e. The lowest BCUT2D eigenvalue weighted by Crippen LogP contribution is -2.06. The van der Waals surface area contributed by atoms with E-state index in [1.54, 1.807) is 0 Å². The van der Waals surface area contributed by atoms with Gasteiger partial charge in [0.2, 0.25) is 0 Å². The van der Waals surface area contributed by atoms with E-state index < -0.39 is 23.4 Å². The molecule has 0 aliphatic heterocycles. The second-order valence-electron chi connectivity index (χ2n) is 4.00. The van der Waals surface area contributed by atoms with Crippen LogP contribution in [-0.4, -0.2) is 11.1 Å². The average Bonchev–Trinajstić information content (AvgIpc) is 2.36. The van der Waals surface area contributed by atoms with Crippen LogP contribution in [0.4, 0.5) is 13.2 Å². The van der Waals surface area contributed by atoms with Gasteiger partial charge in [0.1, 0.15) is 29.8 Å². The molecule has 0 heterocycles. The Morgan fingerprint density at radius 2 is 1.65 bits per heavy atom. The molecule has 2 aromatic rings. The molecule has 0 saturated carbocycles. The highest BCUT2D eigenvalue weighted by Crippen LogP contribution is 2.19. The van der Waals surface area contributed by atoms with Gasteiger partial charge in [-0.15, -0.1) is 0 Å². The number of benzene rings is 2. The fourth-order valence-electron chi connectivity index (χ4n) is 1.65. The molecule has 0 aliphatic carbocycles. The number of hydrogen-bond acceptors (Lipinski definition) is 2. The van der Waals surface area contributed by atoms with E-state index in [0.717, 1.165) is 24.3 Å². The number of carboxylic acids is 1. The summed E-state index contributed by atoms with van der Waals surface area (Å²) in [6.07, 6.45) is 0. The van der Waals surface area contributed by atoms with Crippen molar-refractivity contribution in [3.63, 3.8) is 0 Å². The van der Waals surface area contributed by atoms with Crippen LogP contribution in [0.3, 0.4) is 0 Å². The topological polar surface area (TPSA) is 46.5 Å². The zero-order valence-electron chi connectivity index (χ0n) is 10.1. The van der Waals surface area contributed by atoms with E-state index in [-0.39, 0.29) is 23.5 Å². The lowest BCUT2D eigenvalue weighted by molar-refractivity contribution is 0.0693. The SMILES string of the molecule is O=C(O)c1cc(F)ccc1COc1cc(F)cc(F)c1. The predicted octanol–water partition coefficient (Wildman–Crippen LogP) is 3.38. The third-order valence-corrected chi connectivity index (χ3v) is 2.53. The summed E-state index contributed by atoms with van der Waals surface area (Å²) in [6, 6.07) is 5.80.